The Balaban J connectivity index is 1.51. The van der Waals surface area contributed by atoms with Gasteiger partial charge in [-0.05, 0) is 54.5 Å². The van der Waals surface area contributed by atoms with Gasteiger partial charge in [-0.1, -0.05) is 24.0 Å². The van der Waals surface area contributed by atoms with Gasteiger partial charge in [-0.25, -0.2) is 4.79 Å². The Morgan fingerprint density at radius 3 is 2.56 bits per heavy atom. The van der Waals surface area contributed by atoms with Gasteiger partial charge in [0.1, 0.15) is 18.4 Å². The highest BCUT2D eigenvalue weighted by Gasteiger charge is 2.31. The largest absolute Gasteiger partial charge is 0.489 e. The topological polar surface area (TPSA) is 164 Å². The van der Waals surface area contributed by atoms with E-state index in [1.54, 1.807) is 19.2 Å². The molecule has 16 heteroatoms. The van der Waals surface area contributed by atoms with Gasteiger partial charge < -0.3 is 45.9 Å². The maximum Gasteiger partial charge on any atom is 0.393 e. The van der Waals surface area contributed by atoms with Crippen LogP contribution < -0.4 is 26.4 Å². The number of methoxy groups -OCH3 is 2. The van der Waals surface area contributed by atoms with Gasteiger partial charge in [0.25, 0.3) is 5.91 Å². The van der Waals surface area contributed by atoms with Gasteiger partial charge in [-0.3, -0.25) is 9.59 Å². The molecule has 0 aliphatic carbocycles. The average Bonchev–Trinajstić information content (AvgIpc) is 3.46. The van der Waals surface area contributed by atoms with Gasteiger partial charge in [0.2, 0.25) is 5.91 Å². The molecule has 1 aliphatic rings. The number of rotatable bonds is 17. The Morgan fingerprint density at radius 1 is 1.12 bits per heavy atom. The molecule has 282 valence electrons. The van der Waals surface area contributed by atoms with Gasteiger partial charge in [-0.2, -0.15) is 13.2 Å². The van der Waals surface area contributed by atoms with E-state index in [-0.39, 0.29) is 55.5 Å². The molecule has 1 fully saturated rings. The van der Waals surface area contributed by atoms with Crippen LogP contribution in [-0.2, 0) is 25.5 Å². The number of nitrogens with one attached hydrogen (secondary N) is 3. The minimum absolute atomic E-state index is 0.0189. The standard InChI is InChI=1S/C36H44F3N5O7S/c1-49-19-17-44-15-12-24(13-16-44)42-28-6-3-5-25-26(22-36(37,38)39)31(52-33(25)28)7-4-14-41-27-9-8-23(21-30(27)51-20-18-45)34(47)43-29(35(48)50-2)10-11-32(40)46/h3,5-6,8-9,21,24,29,41-42,45H,10-20,22H2,1-2H3,(H2,40,46)(H,43,47). The number of halogens is 3. The van der Waals surface area contributed by atoms with Crippen LogP contribution in [0.5, 0.6) is 5.75 Å². The Kier molecular flexibility index (Phi) is 14.9. The van der Waals surface area contributed by atoms with Crippen LogP contribution in [0.25, 0.3) is 10.1 Å². The van der Waals surface area contributed by atoms with Crippen molar-refractivity contribution in [1.29, 1.82) is 0 Å². The molecule has 1 unspecified atom stereocenters. The average molecular weight is 748 g/mol. The number of nitrogens with two attached hydrogens (primary N) is 1. The normalized spacial score (nSPS) is 14.3. The number of hydrogen-bond acceptors (Lipinski definition) is 11. The zero-order valence-electron chi connectivity index (χ0n) is 29.1. The molecule has 0 bridgehead atoms. The zero-order chi connectivity index (χ0) is 37.7. The number of thiophene rings is 1. The second kappa shape index (κ2) is 19.3. The minimum Gasteiger partial charge on any atom is -0.489 e. The third-order valence-electron chi connectivity index (χ3n) is 8.39. The van der Waals surface area contributed by atoms with Crippen molar-refractivity contribution in [3.63, 3.8) is 0 Å². The van der Waals surface area contributed by atoms with Crippen molar-refractivity contribution in [2.75, 3.05) is 70.9 Å². The van der Waals surface area contributed by atoms with Crippen LogP contribution >= 0.6 is 11.3 Å². The van der Waals surface area contributed by atoms with Crippen molar-refractivity contribution < 1.29 is 46.9 Å². The van der Waals surface area contributed by atoms with Crippen LogP contribution in [0.1, 0.15) is 46.5 Å². The summed E-state index contributed by atoms with van der Waals surface area (Å²) in [6.45, 7) is 2.94. The molecular weight excluding hydrogens is 703 g/mol. The summed E-state index contributed by atoms with van der Waals surface area (Å²) in [5, 5.41) is 19.0. The molecule has 1 saturated heterocycles. The molecule has 52 heavy (non-hydrogen) atoms. The van der Waals surface area contributed by atoms with Crippen molar-refractivity contribution in [2.45, 2.75) is 50.4 Å². The van der Waals surface area contributed by atoms with E-state index < -0.39 is 36.4 Å². The van der Waals surface area contributed by atoms with E-state index in [4.69, 9.17) is 19.9 Å². The molecule has 0 spiro atoms. The number of aliphatic hydroxyl groups is 1. The number of alkyl halides is 3. The summed E-state index contributed by atoms with van der Waals surface area (Å²) in [4.78, 5) is 39.0. The molecule has 0 saturated carbocycles. The molecule has 2 amide bonds. The summed E-state index contributed by atoms with van der Waals surface area (Å²) in [6.07, 6.45) is -3.96. The van der Waals surface area contributed by atoms with Crippen LogP contribution in [0.15, 0.2) is 36.4 Å². The summed E-state index contributed by atoms with van der Waals surface area (Å²) in [5.74, 6) is 4.01. The van der Waals surface area contributed by atoms with E-state index in [2.05, 4.69) is 32.7 Å². The van der Waals surface area contributed by atoms with Crippen LogP contribution in [-0.4, -0.2) is 106 Å². The van der Waals surface area contributed by atoms with Crippen LogP contribution in [0.3, 0.4) is 0 Å². The molecule has 2 heterocycles. The number of primary amides is 1. The number of carbonyl (C=O) groups is 3. The Labute approximate surface area is 304 Å². The predicted octanol–water partition coefficient (Wildman–Crippen LogP) is 3.90. The number of esters is 1. The summed E-state index contributed by atoms with van der Waals surface area (Å²) >= 11 is 1.22. The van der Waals surface area contributed by atoms with Crippen LogP contribution in [0, 0.1) is 11.8 Å². The van der Waals surface area contributed by atoms with E-state index >= 15 is 0 Å². The number of hydrogen-bond donors (Lipinski definition) is 5. The number of carbonyl (C=O) groups excluding carboxylic acids is 3. The third kappa shape index (κ3) is 11.7. The lowest BCUT2D eigenvalue weighted by molar-refractivity contribution is -0.143. The highest BCUT2D eigenvalue weighted by Crippen LogP contribution is 2.39. The Morgan fingerprint density at radius 2 is 1.88 bits per heavy atom. The summed E-state index contributed by atoms with van der Waals surface area (Å²) in [6, 6.07) is 8.81. The molecule has 1 atom stereocenters. The van der Waals surface area contributed by atoms with E-state index in [1.165, 1.54) is 29.5 Å². The van der Waals surface area contributed by atoms with Gasteiger partial charge >= 0.3 is 12.1 Å². The number of ether oxygens (including phenoxy) is 3. The highest BCUT2D eigenvalue weighted by molar-refractivity contribution is 7.20. The van der Waals surface area contributed by atoms with Crippen molar-refractivity contribution in [3.05, 3.63) is 52.4 Å². The molecule has 4 rings (SSSR count). The Hall–Kier alpha value is -4.56. The fraction of sp³-hybridized carbons (Fsp3) is 0.472. The second-order valence-corrected chi connectivity index (χ2v) is 13.2. The van der Waals surface area contributed by atoms with E-state index in [1.807, 2.05) is 6.07 Å². The number of anilines is 2. The third-order valence-corrected chi connectivity index (χ3v) is 9.58. The molecule has 1 aliphatic heterocycles. The lowest BCUT2D eigenvalue weighted by Crippen LogP contribution is -2.42. The number of fused-ring (bicyclic) bond motifs is 1. The summed E-state index contributed by atoms with van der Waals surface area (Å²) < 4.78 is 57.6. The first kappa shape index (κ1) is 40.2. The lowest BCUT2D eigenvalue weighted by Gasteiger charge is -2.32. The number of benzene rings is 2. The molecule has 6 N–H and O–H groups in total. The number of nitrogens with zero attached hydrogens (tertiary/aromatic N) is 1. The minimum atomic E-state index is -4.44. The maximum absolute atomic E-state index is 13.8. The number of aliphatic hydroxyl groups excluding tert-OH is 1. The van der Waals surface area contributed by atoms with Crippen molar-refractivity contribution >= 4 is 50.6 Å². The van der Waals surface area contributed by atoms with Crippen LogP contribution in [0.2, 0.25) is 0 Å². The van der Waals surface area contributed by atoms with Crippen molar-refractivity contribution in [2.24, 2.45) is 5.73 Å². The predicted molar refractivity (Wildman–Crippen MR) is 193 cm³/mol. The fourth-order valence-electron chi connectivity index (χ4n) is 5.77. The SMILES string of the molecule is COCCN1CCC(Nc2cccc3c(CC(F)(F)F)c(C#CCNc4ccc(C(=O)NC(CCC(N)=O)C(=O)OC)cc4OCCO)sc23)CC1. The van der Waals surface area contributed by atoms with Crippen molar-refractivity contribution in [1.82, 2.24) is 10.2 Å². The number of likely N-dealkylation sites (tertiary alicyclic amines) is 1. The second-order valence-electron chi connectivity index (χ2n) is 12.1. The molecule has 0 radical (unpaired) electrons. The number of piperidine rings is 1. The van der Waals surface area contributed by atoms with Gasteiger partial charge in [0, 0.05) is 44.8 Å². The number of amides is 2. The molecule has 12 nitrogen and oxygen atoms in total. The first-order chi connectivity index (χ1) is 24.9. The monoisotopic (exact) mass is 747 g/mol. The van der Waals surface area contributed by atoms with Gasteiger partial charge in [-0.15, -0.1) is 11.3 Å². The summed E-state index contributed by atoms with van der Waals surface area (Å²) in [5.41, 5.74) is 6.61. The van der Waals surface area contributed by atoms with E-state index in [9.17, 15) is 32.7 Å². The van der Waals surface area contributed by atoms with Crippen LogP contribution in [0.4, 0.5) is 24.5 Å². The molecule has 3 aromatic rings. The van der Waals surface area contributed by atoms with E-state index in [0.29, 0.717) is 22.6 Å². The maximum atomic E-state index is 13.8. The smallest absolute Gasteiger partial charge is 0.393 e. The van der Waals surface area contributed by atoms with Crippen molar-refractivity contribution in [3.8, 4) is 17.6 Å². The van der Waals surface area contributed by atoms with E-state index in [0.717, 1.165) is 50.0 Å². The quantitative estimate of drug-likeness (QED) is 0.101. The fourth-order valence-corrected chi connectivity index (χ4v) is 6.94. The first-order valence-electron chi connectivity index (χ1n) is 16.8. The summed E-state index contributed by atoms with van der Waals surface area (Å²) in [7, 11) is 2.83. The Bertz CT molecular complexity index is 1750. The first-order valence-corrected chi connectivity index (χ1v) is 17.6. The highest BCUT2D eigenvalue weighted by atomic mass is 32.1. The zero-order valence-corrected chi connectivity index (χ0v) is 29.9. The lowest BCUT2D eigenvalue weighted by atomic mass is 10.0. The molecular formula is C36H44F3N5O7S. The molecule has 2 aromatic carbocycles. The molecule has 1 aromatic heterocycles. The van der Waals surface area contributed by atoms with Gasteiger partial charge in [0.15, 0.2) is 0 Å². The van der Waals surface area contributed by atoms with Gasteiger partial charge in [0.05, 0.1) is 54.2 Å².